The maximum atomic E-state index is 11.8. The standard InChI is InChI=1S/C9H10ClNO3S/c10-5-1-2-15-8(5)9(14)11-3-6(12)7(13)4-11/h1-2,6-7,12-13H,3-4H2/t6-,7+. The summed E-state index contributed by atoms with van der Waals surface area (Å²) in [6, 6.07) is 1.66. The third-order valence-corrected chi connectivity index (χ3v) is 3.69. The molecule has 2 N–H and O–H groups in total. The van der Waals surface area contributed by atoms with E-state index in [9.17, 15) is 15.0 Å². The average molecular weight is 248 g/mol. The van der Waals surface area contributed by atoms with Crippen molar-refractivity contribution in [2.45, 2.75) is 12.2 Å². The molecule has 1 aliphatic heterocycles. The number of β-amino-alcohol motifs (C(OH)–C–C–N with tert-alkyl or cyclic N) is 2. The number of hydrogen-bond donors (Lipinski definition) is 2. The molecule has 1 amide bonds. The molecular formula is C9H10ClNO3S. The Morgan fingerprint density at radius 2 is 2.07 bits per heavy atom. The van der Waals surface area contributed by atoms with Crippen LogP contribution in [0.4, 0.5) is 0 Å². The molecule has 0 saturated carbocycles. The molecule has 1 aliphatic rings. The molecule has 0 aromatic carbocycles. The van der Waals surface area contributed by atoms with Crippen LogP contribution in [0.1, 0.15) is 9.67 Å². The number of halogens is 1. The lowest BCUT2D eigenvalue weighted by molar-refractivity contribution is 0.0572. The first kappa shape index (κ1) is 10.9. The molecule has 82 valence electrons. The van der Waals surface area contributed by atoms with Crippen LogP contribution in [0.3, 0.4) is 0 Å². The van der Waals surface area contributed by atoms with E-state index in [2.05, 4.69) is 0 Å². The first-order chi connectivity index (χ1) is 7.09. The van der Waals surface area contributed by atoms with Gasteiger partial charge in [-0.15, -0.1) is 11.3 Å². The van der Waals surface area contributed by atoms with Gasteiger partial charge in [0.15, 0.2) is 0 Å². The van der Waals surface area contributed by atoms with Crippen LogP contribution in [0.15, 0.2) is 11.4 Å². The van der Waals surface area contributed by atoms with E-state index in [1.54, 1.807) is 11.4 Å². The summed E-state index contributed by atoms with van der Waals surface area (Å²) in [7, 11) is 0. The van der Waals surface area contributed by atoms with Crippen LogP contribution >= 0.6 is 22.9 Å². The molecule has 2 atom stereocenters. The molecule has 1 aromatic heterocycles. The van der Waals surface area contributed by atoms with Crippen molar-refractivity contribution in [3.63, 3.8) is 0 Å². The van der Waals surface area contributed by atoms with E-state index in [1.807, 2.05) is 0 Å². The predicted molar refractivity (Wildman–Crippen MR) is 57.2 cm³/mol. The number of nitrogens with zero attached hydrogens (tertiary/aromatic N) is 1. The van der Waals surface area contributed by atoms with Gasteiger partial charge in [0.1, 0.15) is 4.88 Å². The maximum absolute atomic E-state index is 11.8. The fourth-order valence-electron chi connectivity index (χ4n) is 1.53. The van der Waals surface area contributed by atoms with Crippen molar-refractivity contribution in [2.75, 3.05) is 13.1 Å². The van der Waals surface area contributed by atoms with E-state index in [4.69, 9.17) is 11.6 Å². The normalized spacial score (nSPS) is 25.9. The van der Waals surface area contributed by atoms with Crippen molar-refractivity contribution in [3.05, 3.63) is 21.3 Å². The van der Waals surface area contributed by atoms with Crippen LogP contribution in [-0.2, 0) is 0 Å². The highest BCUT2D eigenvalue weighted by molar-refractivity contribution is 7.12. The van der Waals surface area contributed by atoms with Gasteiger partial charge in [-0.25, -0.2) is 0 Å². The number of carbonyl (C=O) groups is 1. The topological polar surface area (TPSA) is 60.8 Å². The lowest BCUT2D eigenvalue weighted by atomic mass is 10.3. The van der Waals surface area contributed by atoms with Crippen molar-refractivity contribution in [1.29, 1.82) is 0 Å². The maximum Gasteiger partial charge on any atom is 0.265 e. The molecule has 6 heteroatoms. The quantitative estimate of drug-likeness (QED) is 0.763. The second-order valence-electron chi connectivity index (χ2n) is 3.44. The number of carbonyl (C=O) groups excluding carboxylic acids is 1. The molecule has 0 unspecified atom stereocenters. The molecule has 0 radical (unpaired) electrons. The zero-order valence-corrected chi connectivity index (χ0v) is 9.33. The Bertz CT molecular complexity index is 371. The molecule has 4 nitrogen and oxygen atoms in total. The van der Waals surface area contributed by atoms with E-state index in [1.165, 1.54) is 16.2 Å². The molecule has 0 aliphatic carbocycles. The summed E-state index contributed by atoms with van der Waals surface area (Å²) in [5.74, 6) is -0.231. The molecule has 1 saturated heterocycles. The Morgan fingerprint density at radius 3 is 2.53 bits per heavy atom. The fourth-order valence-corrected chi connectivity index (χ4v) is 2.63. The van der Waals surface area contributed by atoms with Gasteiger partial charge in [-0.05, 0) is 11.4 Å². The third kappa shape index (κ3) is 2.01. The Morgan fingerprint density at radius 1 is 1.47 bits per heavy atom. The number of thiophene rings is 1. The smallest absolute Gasteiger partial charge is 0.265 e. The van der Waals surface area contributed by atoms with Crippen molar-refractivity contribution in [3.8, 4) is 0 Å². The summed E-state index contributed by atoms with van der Waals surface area (Å²) in [6.07, 6.45) is -1.71. The first-order valence-electron chi connectivity index (χ1n) is 4.48. The summed E-state index contributed by atoms with van der Waals surface area (Å²) in [5.41, 5.74) is 0. The summed E-state index contributed by atoms with van der Waals surface area (Å²) >= 11 is 7.08. The predicted octanol–water partition coefficient (Wildman–Crippen LogP) is 0.579. The van der Waals surface area contributed by atoms with Gasteiger partial charge in [-0.2, -0.15) is 0 Å². The average Bonchev–Trinajstić information content (AvgIpc) is 2.74. The summed E-state index contributed by atoms with van der Waals surface area (Å²) < 4.78 is 0. The minimum atomic E-state index is -0.854. The van der Waals surface area contributed by atoms with Crippen LogP contribution in [-0.4, -0.2) is 46.3 Å². The molecule has 2 rings (SSSR count). The van der Waals surface area contributed by atoms with E-state index in [0.29, 0.717) is 9.90 Å². The van der Waals surface area contributed by atoms with Gasteiger partial charge in [0, 0.05) is 13.1 Å². The number of rotatable bonds is 1. The van der Waals surface area contributed by atoms with Crippen molar-refractivity contribution in [1.82, 2.24) is 4.90 Å². The van der Waals surface area contributed by atoms with Crippen molar-refractivity contribution in [2.24, 2.45) is 0 Å². The minimum Gasteiger partial charge on any atom is -0.388 e. The van der Waals surface area contributed by atoms with Gasteiger partial charge < -0.3 is 15.1 Å². The molecule has 1 fully saturated rings. The van der Waals surface area contributed by atoms with Crippen molar-refractivity contribution < 1.29 is 15.0 Å². The molecule has 1 aromatic rings. The number of aliphatic hydroxyl groups is 2. The lowest BCUT2D eigenvalue weighted by Gasteiger charge is -2.14. The van der Waals surface area contributed by atoms with Crippen LogP contribution < -0.4 is 0 Å². The first-order valence-corrected chi connectivity index (χ1v) is 5.73. The van der Waals surface area contributed by atoms with Crippen LogP contribution in [0.5, 0.6) is 0 Å². The highest BCUT2D eigenvalue weighted by Crippen LogP contribution is 2.25. The van der Waals surface area contributed by atoms with Crippen LogP contribution in [0.25, 0.3) is 0 Å². The zero-order valence-electron chi connectivity index (χ0n) is 7.76. The summed E-state index contributed by atoms with van der Waals surface area (Å²) in [4.78, 5) is 13.7. The number of hydrogen-bond acceptors (Lipinski definition) is 4. The van der Waals surface area contributed by atoms with Gasteiger partial charge in [0.05, 0.1) is 17.2 Å². The fraction of sp³-hybridized carbons (Fsp3) is 0.444. The zero-order chi connectivity index (χ0) is 11.0. The number of likely N-dealkylation sites (tertiary alicyclic amines) is 1. The lowest BCUT2D eigenvalue weighted by Crippen LogP contribution is -2.29. The largest absolute Gasteiger partial charge is 0.388 e. The van der Waals surface area contributed by atoms with Gasteiger partial charge >= 0.3 is 0 Å². The summed E-state index contributed by atoms with van der Waals surface area (Å²) in [6.45, 7) is 0.322. The van der Waals surface area contributed by atoms with Crippen LogP contribution in [0.2, 0.25) is 5.02 Å². The van der Waals surface area contributed by atoms with Gasteiger partial charge in [-0.3, -0.25) is 4.79 Å². The molecule has 0 bridgehead atoms. The third-order valence-electron chi connectivity index (χ3n) is 2.36. The Balaban J connectivity index is 2.13. The highest BCUT2D eigenvalue weighted by atomic mass is 35.5. The molecule has 15 heavy (non-hydrogen) atoms. The molecule has 2 heterocycles. The minimum absolute atomic E-state index is 0.161. The highest BCUT2D eigenvalue weighted by Gasteiger charge is 2.33. The summed E-state index contributed by atoms with van der Waals surface area (Å²) in [5, 5.41) is 20.8. The second-order valence-corrected chi connectivity index (χ2v) is 4.77. The van der Waals surface area contributed by atoms with Gasteiger partial charge in [-0.1, -0.05) is 11.6 Å². The Kier molecular flexibility index (Phi) is 2.97. The van der Waals surface area contributed by atoms with E-state index in [0.717, 1.165) is 0 Å². The Labute approximate surface area is 95.7 Å². The number of amides is 1. The molecular weight excluding hydrogens is 238 g/mol. The van der Waals surface area contributed by atoms with Gasteiger partial charge in [0.25, 0.3) is 5.91 Å². The molecule has 0 spiro atoms. The van der Waals surface area contributed by atoms with E-state index in [-0.39, 0.29) is 19.0 Å². The SMILES string of the molecule is O=C(c1sccc1Cl)N1C[C@@H](O)[C@@H](O)C1. The van der Waals surface area contributed by atoms with Crippen LogP contribution in [0, 0.1) is 0 Å². The van der Waals surface area contributed by atoms with E-state index < -0.39 is 12.2 Å². The van der Waals surface area contributed by atoms with E-state index >= 15 is 0 Å². The second kappa shape index (κ2) is 4.09. The van der Waals surface area contributed by atoms with Crippen molar-refractivity contribution >= 4 is 28.8 Å². The van der Waals surface area contributed by atoms with Gasteiger partial charge in [0.2, 0.25) is 0 Å². The number of aliphatic hydroxyl groups excluding tert-OH is 2. The Hall–Kier alpha value is -0.620. The monoisotopic (exact) mass is 247 g/mol.